The number of carbonyl (C=O) groups is 2. The van der Waals surface area contributed by atoms with Crippen molar-refractivity contribution in [3.8, 4) is 5.75 Å². The van der Waals surface area contributed by atoms with Gasteiger partial charge in [-0.05, 0) is 44.9 Å². The molecule has 0 heterocycles. The fourth-order valence-electron chi connectivity index (χ4n) is 2.06. The summed E-state index contributed by atoms with van der Waals surface area (Å²) in [6, 6.07) is 7.24. The average Bonchev–Trinajstić information content (AvgIpc) is 2.44. The number of rotatable bonds is 6. The van der Waals surface area contributed by atoms with E-state index in [0.717, 1.165) is 5.56 Å². The fraction of sp³-hybridized carbons (Fsp3) is 0.529. The predicted molar refractivity (Wildman–Crippen MR) is 86.7 cm³/mol. The largest absolute Gasteiger partial charge is 0.497 e. The molecule has 1 N–H and O–H groups in total. The molecule has 0 aliphatic heterocycles. The summed E-state index contributed by atoms with van der Waals surface area (Å²) < 4.78 is 10.4. The molecule has 0 aliphatic carbocycles. The van der Waals surface area contributed by atoms with Crippen molar-refractivity contribution in [2.75, 3.05) is 20.7 Å². The highest BCUT2D eigenvalue weighted by Gasteiger charge is 2.25. The monoisotopic (exact) mass is 323 g/mol. The number of nitrogens with zero attached hydrogens (tertiary/aromatic N) is 1. The van der Waals surface area contributed by atoms with Gasteiger partial charge in [0.25, 0.3) is 0 Å². The van der Waals surface area contributed by atoms with Crippen molar-refractivity contribution >= 4 is 12.1 Å². The van der Waals surface area contributed by atoms with E-state index in [4.69, 9.17) is 9.47 Å². The molecule has 0 spiro atoms. The van der Waals surface area contributed by atoms with Crippen molar-refractivity contribution in [3.05, 3.63) is 29.8 Å². The summed E-state index contributed by atoms with van der Waals surface area (Å²) in [6.07, 6.45) is -0.228. The van der Waals surface area contributed by atoms with E-state index in [-0.39, 0.29) is 6.54 Å². The number of benzene rings is 1. The van der Waals surface area contributed by atoms with Gasteiger partial charge in [0.05, 0.1) is 13.0 Å². The lowest BCUT2D eigenvalue weighted by molar-refractivity contribution is -0.142. The van der Waals surface area contributed by atoms with Crippen molar-refractivity contribution in [3.63, 3.8) is 0 Å². The van der Waals surface area contributed by atoms with Crippen molar-refractivity contribution in [2.45, 2.75) is 32.8 Å². The van der Waals surface area contributed by atoms with E-state index in [1.807, 2.05) is 12.1 Å². The molecule has 6 nitrogen and oxygen atoms in total. The van der Waals surface area contributed by atoms with E-state index >= 15 is 0 Å². The molecule has 0 saturated carbocycles. The number of methoxy groups -OCH3 is 1. The van der Waals surface area contributed by atoms with Crippen LogP contribution in [0.3, 0.4) is 0 Å². The number of ether oxygens (including phenoxy) is 2. The molecule has 1 aromatic rings. The van der Waals surface area contributed by atoms with E-state index in [2.05, 4.69) is 0 Å². The zero-order valence-electron chi connectivity index (χ0n) is 14.3. The van der Waals surface area contributed by atoms with Gasteiger partial charge in [-0.25, -0.2) is 4.79 Å². The summed E-state index contributed by atoms with van der Waals surface area (Å²) in [6.45, 7) is 5.37. The summed E-state index contributed by atoms with van der Waals surface area (Å²) in [5, 5.41) is 9.41. The second-order valence-electron chi connectivity index (χ2n) is 6.45. The normalized spacial score (nSPS) is 12.4. The van der Waals surface area contributed by atoms with Gasteiger partial charge in [-0.2, -0.15) is 0 Å². The molecule has 0 radical (unpaired) electrons. The molecule has 0 aliphatic rings. The van der Waals surface area contributed by atoms with Gasteiger partial charge in [-0.3, -0.25) is 4.79 Å². The maximum Gasteiger partial charge on any atom is 0.410 e. The molecule has 0 bridgehead atoms. The minimum atomic E-state index is -0.955. The molecular formula is C17H25NO5. The molecule has 0 saturated heterocycles. The van der Waals surface area contributed by atoms with Crippen LogP contribution in [0.4, 0.5) is 4.79 Å². The van der Waals surface area contributed by atoms with Crippen LogP contribution in [0.1, 0.15) is 26.3 Å². The fourth-order valence-corrected chi connectivity index (χ4v) is 2.06. The Bertz CT molecular complexity index is 550. The Balaban J connectivity index is 2.75. The van der Waals surface area contributed by atoms with Crippen molar-refractivity contribution in [1.29, 1.82) is 0 Å². The maximum absolute atomic E-state index is 12.0. The van der Waals surface area contributed by atoms with E-state index < -0.39 is 23.6 Å². The first-order valence-electron chi connectivity index (χ1n) is 7.42. The van der Waals surface area contributed by atoms with Crippen LogP contribution in [-0.2, 0) is 16.0 Å². The first kappa shape index (κ1) is 18.8. The lowest BCUT2D eigenvalue weighted by atomic mass is 9.99. The smallest absolute Gasteiger partial charge is 0.410 e. The van der Waals surface area contributed by atoms with Gasteiger partial charge in [0.2, 0.25) is 0 Å². The van der Waals surface area contributed by atoms with Crippen LogP contribution in [0.15, 0.2) is 24.3 Å². The maximum atomic E-state index is 12.0. The van der Waals surface area contributed by atoms with Crippen LogP contribution in [0.2, 0.25) is 0 Å². The lowest BCUT2D eigenvalue weighted by Gasteiger charge is -2.26. The standard InChI is InChI=1S/C17H25NO5/c1-17(2,3)23-16(21)18(4)11-13(15(19)20)9-12-7-6-8-14(10-12)22-5/h6-8,10,13H,9,11H2,1-5H3,(H,19,20). The highest BCUT2D eigenvalue weighted by atomic mass is 16.6. The third-order valence-electron chi connectivity index (χ3n) is 3.16. The molecule has 0 fully saturated rings. The minimum Gasteiger partial charge on any atom is -0.497 e. The van der Waals surface area contributed by atoms with E-state index in [0.29, 0.717) is 12.2 Å². The third-order valence-corrected chi connectivity index (χ3v) is 3.16. The molecule has 128 valence electrons. The molecule has 1 unspecified atom stereocenters. The van der Waals surface area contributed by atoms with Crippen LogP contribution in [0, 0.1) is 5.92 Å². The van der Waals surface area contributed by atoms with Crippen LogP contribution in [-0.4, -0.2) is 48.4 Å². The summed E-state index contributed by atoms with van der Waals surface area (Å²) in [5.74, 6) is -1.00. The molecule has 6 heteroatoms. The predicted octanol–water partition coefficient (Wildman–Crippen LogP) is 2.81. The number of hydrogen-bond donors (Lipinski definition) is 1. The SMILES string of the molecule is COc1cccc(CC(CN(C)C(=O)OC(C)(C)C)C(=O)O)c1. The van der Waals surface area contributed by atoms with E-state index in [1.54, 1.807) is 40.0 Å². The molecule has 23 heavy (non-hydrogen) atoms. The van der Waals surface area contributed by atoms with Crippen molar-refractivity contribution in [2.24, 2.45) is 5.92 Å². The third kappa shape index (κ3) is 6.59. The molecule has 1 rings (SSSR count). The molecule has 1 aromatic carbocycles. The summed E-state index contributed by atoms with van der Waals surface area (Å²) in [5.41, 5.74) is 0.228. The zero-order valence-corrected chi connectivity index (χ0v) is 14.3. The zero-order chi connectivity index (χ0) is 17.6. The van der Waals surface area contributed by atoms with Crippen LogP contribution in [0.5, 0.6) is 5.75 Å². The quantitative estimate of drug-likeness (QED) is 0.871. The molecule has 0 aromatic heterocycles. The Hall–Kier alpha value is -2.24. The van der Waals surface area contributed by atoms with Gasteiger partial charge in [0, 0.05) is 13.6 Å². The van der Waals surface area contributed by atoms with Gasteiger partial charge in [-0.1, -0.05) is 12.1 Å². The minimum absolute atomic E-state index is 0.0709. The number of aliphatic carboxylic acids is 1. The first-order chi connectivity index (χ1) is 10.6. The number of carboxylic acid groups (broad SMARTS) is 1. The Labute approximate surface area is 137 Å². The van der Waals surface area contributed by atoms with E-state index in [9.17, 15) is 14.7 Å². The Morgan fingerprint density at radius 3 is 2.48 bits per heavy atom. The topological polar surface area (TPSA) is 76.1 Å². The number of amides is 1. The van der Waals surface area contributed by atoms with Gasteiger partial charge in [0.1, 0.15) is 11.4 Å². The summed E-state index contributed by atoms with van der Waals surface area (Å²) in [4.78, 5) is 24.7. The second kappa shape index (κ2) is 7.85. The first-order valence-corrected chi connectivity index (χ1v) is 7.42. The Kier molecular flexibility index (Phi) is 6.42. The molecular weight excluding hydrogens is 298 g/mol. The van der Waals surface area contributed by atoms with Gasteiger partial charge < -0.3 is 19.5 Å². The van der Waals surface area contributed by atoms with Crippen molar-refractivity contribution < 1.29 is 24.2 Å². The lowest BCUT2D eigenvalue weighted by Crippen LogP contribution is -2.39. The van der Waals surface area contributed by atoms with Gasteiger partial charge in [-0.15, -0.1) is 0 Å². The Morgan fingerprint density at radius 1 is 1.30 bits per heavy atom. The number of hydrogen-bond acceptors (Lipinski definition) is 4. The summed E-state index contributed by atoms with van der Waals surface area (Å²) in [7, 11) is 3.10. The number of carboxylic acids is 1. The van der Waals surface area contributed by atoms with Crippen LogP contribution < -0.4 is 4.74 Å². The second-order valence-corrected chi connectivity index (χ2v) is 6.45. The van der Waals surface area contributed by atoms with Crippen LogP contribution >= 0.6 is 0 Å². The van der Waals surface area contributed by atoms with Gasteiger partial charge >= 0.3 is 12.1 Å². The van der Waals surface area contributed by atoms with Crippen LogP contribution in [0.25, 0.3) is 0 Å². The summed E-state index contributed by atoms with van der Waals surface area (Å²) >= 11 is 0. The number of carbonyl (C=O) groups excluding carboxylic acids is 1. The van der Waals surface area contributed by atoms with Crippen molar-refractivity contribution in [1.82, 2.24) is 4.90 Å². The highest BCUT2D eigenvalue weighted by Crippen LogP contribution is 2.17. The molecule has 1 amide bonds. The average molecular weight is 323 g/mol. The van der Waals surface area contributed by atoms with Gasteiger partial charge in [0.15, 0.2) is 0 Å². The molecule has 1 atom stereocenters. The van der Waals surface area contributed by atoms with E-state index in [1.165, 1.54) is 11.9 Å². The Morgan fingerprint density at radius 2 is 1.96 bits per heavy atom. The highest BCUT2D eigenvalue weighted by molar-refractivity contribution is 5.73.